The van der Waals surface area contributed by atoms with Gasteiger partial charge in [-0.2, -0.15) is 0 Å². The van der Waals surface area contributed by atoms with Crippen LogP contribution in [0.2, 0.25) is 0 Å². The standard InChI is InChI=1S/C18H26N6O3S2/c1-27-11-5-22-29(25,26)16-4-2-3-15(13-16)14-21-17(19)23-7-9-24(10-8-23)18-20-6-12-28-18/h2-4,6,12-13,22H,5,7-11,14H2,1H3,(H2,19,21). The van der Waals surface area contributed by atoms with E-state index in [1.807, 2.05) is 22.5 Å². The van der Waals surface area contributed by atoms with Crippen molar-refractivity contribution < 1.29 is 13.2 Å². The zero-order valence-corrected chi connectivity index (χ0v) is 18.0. The number of hydrogen-bond donors (Lipinski definition) is 2. The average molecular weight is 439 g/mol. The Morgan fingerprint density at radius 2 is 2.14 bits per heavy atom. The van der Waals surface area contributed by atoms with Crippen LogP contribution in [0, 0.1) is 0 Å². The van der Waals surface area contributed by atoms with Gasteiger partial charge in [-0.05, 0) is 17.7 Å². The Hall–Kier alpha value is -2.21. The largest absolute Gasteiger partial charge is 0.383 e. The molecule has 2 heterocycles. The molecule has 0 saturated carbocycles. The van der Waals surface area contributed by atoms with Crippen LogP contribution in [-0.2, 0) is 21.3 Å². The molecule has 0 atom stereocenters. The van der Waals surface area contributed by atoms with E-state index in [0.717, 1.165) is 36.9 Å². The van der Waals surface area contributed by atoms with Crippen LogP contribution in [0.4, 0.5) is 5.13 Å². The Kier molecular flexibility index (Phi) is 7.42. The average Bonchev–Trinajstić information content (AvgIpc) is 3.27. The lowest BCUT2D eigenvalue weighted by Crippen LogP contribution is -2.51. The van der Waals surface area contributed by atoms with E-state index in [4.69, 9.17) is 10.5 Å². The van der Waals surface area contributed by atoms with Gasteiger partial charge in [0.1, 0.15) is 0 Å². The number of sulfonamides is 1. The third-order valence-electron chi connectivity index (χ3n) is 4.52. The topological polar surface area (TPSA) is 113 Å². The molecule has 3 rings (SSSR count). The number of anilines is 1. The number of nitrogens with zero attached hydrogens (tertiary/aromatic N) is 4. The van der Waals surface area contributed by atoms with E-state index < -0.39 is 10.0 Å². The zero-order valence-electron chi connectivity index (χ0n) is 16.3. The molecule has 0 radical (unpaired) electrons. The second kappa shape index (κ2) is 10.0. The van der Waals surface area contributed by atoms with Crippen molar-refractivity contribution in [2.45, 2.75) is 11.4 Å². The molecule has 1 aliphatic heterocycles. The molecule has 0 spiro atoms. The molecule has 1 fully saturated rings. The second-order valence-electron chi connectivity index (χ2n) is 6.50. The van der Waals surface area contributed by atoms with Gasteiger partial charge in [0.2, 0.25) is 10.0 Å². The van der Waals surface area contributed by atoms with Crippen molar-refractivity contribution in [2.75, 3.05) is 51.3 Å². The number of ether oxygens (including phenoxy) is 1. The van der Waals surface area contributed by atoms with Crippen LogP contribution in [-0.4, -0.2) is 70.7 Å². The maximum Gasteiger partial charge on any atom is 0.240 e. The van der Waals surface area contributed by atoms with Gasteiger partial charge < -0.3 is 20.3 Å². The van der Waals surface area contributed by atoms with Crippen LogP contribution in [0.3, 0.4) is 0 Å². The van der Waals surface area contributed by atoms with Gasteiger partial charge in [0.15, 0.2) is 11.1 Å². The Balaban J connectivity index is 1.57. The van der Waals surface area contributed by atoms with Gasteiger partial charge in [-0.3, -0.25) is 0 Å². The summed E-state index contributed by atoms with van der Waals surface area (Å²) in [4.78, 5) is 13.3. The lowest BCUT2D eigenvalue weighted by molar-refractivity contribution is 0.204. The van der Waals surface area contributed by atoms with Gasteiger partial charge in [-0.25, -0.2) is 23.1 Å². The first kappa shape index (κ1) is 21.5. The number of hydrogen-bond acceptors (Lipinski definition) is 7. The fraction of sp³-hybridized carbons (Fsp3) is 0.444. The van der Waals surface area contributed by atoms with Crippen molar-refractivity contribution in [3.63, 3.8) is 0 Å². The first-order valence-electron chi connectivity index (χ1n) is 9.26. The highest BCUT2D eigenvalue weighted by atomic mass is 32.2. The summed E-state index contributed by atoms with van der Waals surface area (Å²) < 4.78 is 32.0. The molecule has 29 heavy (non-hydrogen) atoms. The van der Waals surface area contributed by atoms with Crippen LogP contribution in [0.5, 0.6) is 0 Å². The van der Waals surface area contributed by atoms with Crippen molar-refractivity contribution in [3.8, 4) is 0 Å². The number of thiazole rings is 1. The summed E-state index contributed by atoms with van der Waals surface area (Å²) in [6, 6.07) is 6.72. The fourth-order valence-electron chi connectivity index (χ4n) is 2.94. The van der Waals surface area contributed by atoms with Crippen LogP contribution >= 0.6 is 11.3 Å². The van der Waals surface area contributed by atoms with Gasteiger partial charge in [0.25, 0.3) is 0 Å². The second-order valence-corrected chi connectivity index (χ2v) is 9.14. The third-order valence-corrected chi connectivity index (χ3v) is 6.82. The molecule has 0 aliphatic carbocycles. The molecule has 1 aliphatic rings. The molecule has 158 valence electrons. The molecule has 0 unspecified atom stereocenters. The molecular weight excluding hydrogens is 412 g/mol. The molecule has 1 saturated heterocycles. The van der Waals surface area contributed by atoms with Crippen LogP contribution in [0.25, 0.3) is 0 Å². The minimum absolute atomic E-state index is 0.205. The van der Waals surface area contributed by atoms with Gasteiger partial charge in [0, 0.05) is 51.4 Å². The number of aliphatic imine (C=N–C) groups is 1. The summed E-state index contributed by atoms with van der Waals surface area (Å²) in [5, 5.41) is 3.00. The molecule has 11 heteroatoms. The Labute approximate surface area is 175 Å². The Morgan fingerprint density at radius 3 is 2.83 bits per heavy atom. The number of benzene rings is 1. The van der Waals surface area contributed by atoms with E-state index >= 15 is 0 Å². The van der Waals surface area contributed by atoms with E-state index in [0.29, 0.717) is 19.1 Å². The monoisotopic (exact) mass is 438 g/mol. The molecule has 0 bridgehead atoms. The summed E-state index contributed by atoms with van der Waals surface area (Å²) >= 11 is 1.63. The number of piperazine rings is 1. The van der Waals surface area contributed by atoms with Gasteiger partial charge in [-0.15, -0.1) is 11.3 Å². The highest BCUT2D eigenvalue weighted by molar-refractivity contribution is 7.89. The normalized spacial score (nSPS) is 15.7. The number of nitrogens with two attached hydrogens (primary N) is 1. The number of methoxy groups -OCH3 is 1. The molecule has 9 nitrogen and oxygen atoms in total. The van der Waals surface area contributed by atoms with Crippen molar-refractivity contribution in [1.82, 2.24) is 14.6 Å². The summed E-state index contributed by atoms with van der Waals surface area (Å²) in [5.41, 5.74) is 6.95. The number of rotatable bonds is 8. The first-order chi connectivity index (χ1) is 14.0. The molecule has 1 aromatic heterocycles. The van der Waals surface area contributed by atoms with Crippen LogP contribution < -0.4 is 15.4 Å². The molecule has 1 aromatic carbocycles. The van der Waals surface area contributed by atoms with E-state index in [-0.39, 0.29) is 11.4 Å². The maximum absolute atomic E-state index is 12.3. The van der Waals surface area contributed by atoms with Gasteiger partial charge >= 0.3 is 0 Å². The van der Waals surface area contributed by atoms with E-state index in [2.05, 4.69) is 19.6 Å². The van der Waals surface area contributed by atoms with Crippen molar-refractivity contribution >= 4 is 32.5 Å². The third kappa shape index (κ3) is 5.89. The minimum Gasteiger partial charge on any atom is -0.383 e. The highest BCUT2D eigenvalue weighted by Gasteiger charge is 2.20. The SMILES string of the molecule is COCCNS(=O)(=O)c1cccc(CN=C(N)N2CCN(c3nccs3)CC2)c1. The van der Waals surface area contributed by atoms with Crippen molar-refractivity contribution in [3.05, 3.63) is 41.4 Å². The summed E-state index contributed by atoms with van der Waals surface area (Å²) in [5.74, 6) is 0.468. The molecule has 2 aromatic rings. The zero-order chi connectivity index (χ0) is 20.7. The Morgan fingerprint density at radius 1 is 1.34 bits per heavy atom. The predicted octanol–water partition coefficient (Wildman–Crippen LogP) is 0.705. The lowest BCUT2D eigenvalue weighted by Gasteiger charge is -2.35. The molecule has 0 amide bonds. The Bertz CT molecular complexity index is 909. The van der Waals surface area contributed by atoms with Crippen LogP contribution in [0.15, 0.2) is 45.7 Å². The first-order valence-corrected chi connectivity index (χ1v) is 11.6. The number of aromatic nitrogens is 1. The van der Waals surface area contributed by atoms with E-state index in [9.17, 15) is 8.42 Å². The van der Waals surface area contributed by atoms with Crippen LogP contribution in [0.1, 0.15) is 5.56 Å². The highest BCUT2D eigenvalue weighted by Crippen LogP contribution is 2.19. The lowest BCUT2D eigenvalue weighted by atomic mass is 10.2. The smallest absolute Gasteiger partial charge is 0.240 e. The van der Waals surface area contributed by atoms with Gasteiger partial charge in [-0.1, -0.05) is 12.1 Å². The van der Waals surface area contributed by atoms with E-state index in [1.165, 1.54) is 7.11 Å². The summed E-state index contributed by atoms with van der Waals surface area (Å²) in [6.07, 6.45) is 1.81. The quantitative estimate of drug-likeness (QED) is 0.354. The maximum atomic E-state index is 12.3. The molecular formula is C18H26N6O3S2. The molecule has 3 N–H and O–H groups in total. The summed E-state index contributed by atoms with van der Waals surface area (Å²) in [6.45, 7) is 4.07. The number of guanidine groups is 1. The van der Waals surface area contributed by atoms with Crippen molar-refractivity contribution in [2.24, 2.45) is 10.7 Å². The van der Waals surface area contributed by atoms with Gasteiger partial charge in [0.05, 0.1) is 18.0 Å². The predicted molar refractivity (Wildman–Crippen MR) is 115 cm³/mol. The minimum atomic E-state index is -3.57. The number of nitrogens with one attached hydrogen (secondary N) is 1. The fourth-order valence-corrected chi connectivity index (χ4v) is 4.72. The summed E-state index contributed by atoms with van der Waals surface area (Å²) in [7, 11) is -2.05. The van der Waals surface area contributed by atoms with E-state index in [1.54, 1.807) is 29.5 Å². The van der Waals surface area contributed by atoms with Crippen molar-refractivity contribution in [1.29, 1.82) is 0 Å².